The lowest BCUT2D eigenvalue weighted by Crippen LogP contribution is -2.11. The molecular weight excluding hydrogens is 338 g/mol. The molecule has 3 rings (SSSR count). The molecule has 0 saturated heterocycles. The molecule has 0 fully saturated rings. The van der Waals surface area contributed by atoms with Gasteiger partial charge < -0.3 is 0 Å². The van der Waals surface area contributed by atoms with Crippen molar-refractivity contribution < 1.29 is 8.42 Å². The predicted octanol–water partition coefficient (Wildman–Crippen LogP) is 3.95. The third-order valence-electron chi connectivity index (χ3n) is 3.26. The lowest BCUT2D eigenvalue weighted by Gasteiger charge is -2.09. The molecule has 0 atom stereocenters. The number of hydrogen-bond acceptors (Lipinski definition) is 2. The van der Waals surface area contributed by atoms with Crippen LogP contribution in [0.5, 0.6) is 0 Å². The van der Waals surface area contributed by atoms with Crippen LogP contribution < -0.4 is 0 Å². The van der Waals surface area contributed by atoms with Gasteiger partial charge in [-0.15, -0.1) is 0 Å². The Balaban J connectivity index is 2.23. The minimum Gasteiger partial charge on any atom is -0.241 e. The number of aryl methyl sites for hydroxylation is 1. The average molecular weight is 350 g/mol. The summed E-state index contributed by atoms with van der Waals surface area (Å²) in [4.78, 5) is 0.274. The van der Waals surface area contributed by atoms with E-state index >= 15 is 0 Å². The molecule has 0 radical (unpaired) electrons. The van der Waals surface area contributed by atoms with Crippen molar-refractivity contribution in [3.63, 3.8) is 0 Å². The van der Waals surface area contributed by atoms with E-state index in [0.29, 0.717) is 5.52 Å². The van der Waals surface area contributed by atoms with Crippen LogP contribution in [0.1, 0.15) is 5.56 Å². The average Bonchev–Trinajstić information content (AvgIpc) is 2.86. The summed E-state index contributed by atoms with van der Waals surface area (Å²) in [7, 11) is -3.57. The van der Waals surface area contributed by atoms with Crippen molar-refractivity contribution >= 4 is 36.9 Å². The van der Waals surface area contributed by atoms with E-state index in [1.54, 1.807) is 36.5 Å². The van der Waals surface area contributed by atoms with Gasteiger partial charge in [-0.25, -0.2) is 12.4 Å². The summed E-state index contributed by atoms with van der Waals surface area (Å²) in [6.45, 7) is 1.92. The molecule has 20 heavy (non-hydrogen) atoms. The monoisotopic (exact) mass is 349 g/mol. The van der Waals surface area contributed by atoms with Crippen LogP contribution >= 0.6 is 15.9 Å². The number of rotatable bonds is 2. The Labute approximate surface area is 126 Å². The van der Waals surface area contributed by atoms with E-state index in [9.17, 15) is 8.42 Å². The summed E-state index contributed by atoms with van der Waals surface area (Å²) in [5.41, 5.74) is 1.69. The summed E-state index contributed by atoms with van der Waals surface area (Å²) < 4.78 is 27.5. The van der Waals surface area contributed by atoms with Crippen LogP contribution in [0.4, 0.5) is 0 Å². The minimum atomic E-state index is -3.57. The zero-order valence-corrected chi connectivity index (χ0v) is 13.1. The van der Waals surface area contributed by atoms with Crippen LogP contribution in [-0.4, -0.2) is 12.4 Å². The molecule has 0 aliphatic heterocycles. The van der Waals surface area contributed by atoms with E-state index in [0.717, 1.165) is 15.4 Å². The molecule has 3 nitrogen and oxygen atoms in total. The zero-order chi connectivity index (χ0) is 14.3. The number of benzene rings is 2. The van der Waals surface area contributed by atoms with Crippen LogP contribution in [0.15, 0.2) is 64.1 Å². The molecule has 0 aliphatic rings. The molecule has 102 valence electrons. The molecule has 0 spiro atoms. The maximum atomic E-state index is 12.7. The van der Waals surface area contributed by atoms with E-state index < -0.39 is 10.0 Å². The predicted molar refractivity (Wildman–Crippen MR) is 83.4 cm³/mol. The summed E-state index contributed by atoms with van der Waals surface area (Å²) in [5, 5.41) is 0.905. The minimum absolute atomic E-state index is 0.274. The van der Waals surface area contributed by atoms with Gasteiger partial charge in [0.2, 0.25) is 0 Å². The highest BCUT2D eigenvalue weighted by Gasteiger charge is 2.19. The van der Waals surface area contributed by atoms with Crippen LogP contribution in [0, 0.1) is 6.92 Å². The molecule has 1 aromatic heterocycles. The number of fused-ring (bicyclic) bond motifs is 1. The molecule has 0 unspecified atom stereocenters. The Hall–Kier alpha value is -1.59. The standard InChI is InChI=1S/C15H12BrNO2S/c1-11-6-7-13(10-14(11)16)20(18,19)17-9-8-12-4-2-3-5-15(12)17/h2-10H,1H3. The molecular formula is C15H12BrNO2S. The second-order valence-corrected chi connectivity index (χ2v) is 7.26. The van der Waals surface area contributed by atoms with E-state index in [-0.39, 0.29) is 4.90 Å². The molecule has 1 heterocycles. The van der Waals surface area contributed by atoms with Crippen molar-refractivity contribution in [2.45, 2.75) is 11.8 Å². The van der Waals surface area contributed by atoms with Gasteiger partial charge in [0.1, 0.15) is 0 Å². The Kier molecular flexibility index (Phi) is 3.18. The Morgan fingerprint density at radius 3 is 2.55 bits per heavy atom. The van der Waals surface area contributed by atoms with Gasteiger partial charge in [-0.05, 0) is 36.8 Å². The van der Waals surface area contributed by atoms with Gasteiger partial charge in [-0.3, -0.25) is 0 Å². The van der Waals surface area contributed by atoms with Crippen molar-refractivity contribution in [1.82, 2.24) is 3.97 Å². The van der Waals surface area contributed by atoms with E-state index in [2.05, 4.69) is 15.9 Å². The van der Waals surface area contributed by atoms with Crippen molar-refractivity contribution in [3.05, 3.63) is 64.8 Å². The zero-order valence-electron chi connectivity index (χ0n) is 10.7. The van der Waals surface area contributed by atoms with Gasteiger partial charge in [-0.1, -0.05) is 40.2 Å². The van der Waals surface area contributed by atoms with Gasteiger partial charge in [-0.2, -0.15) is 0 Å². The van der Waals surface area contributed by atoms with Crippen molar-refractivity contribution in [3.8, 4) is 0 Å². The first-order valence-electron chi connectivity index (χ1n) is 6.08. The quantitative estimate of drug-likeness (QED) is 0.702. The number of aromatic nitrogens is 1. The van der Waals surface area contributed by atoms with Crippen LogP contribution in [0.2, 0.25) is 0 Å². The third kappa shape index (κ3) is 2.07. The fourth-order valence-corrected chi connectivity index (χ4v) is 4.03. The highest BCUT2D eigenvalue weighted by molar-refractivity contribution is 9.10. The molecule has 3 aromatic rings. The van der Waals surface area contributed by atoms with E-state index in [1.165, 1.54) is 3.97 Å². The first-order valence-corrected chi connectivity index (χ1v) is 8.31. The van der Waals surface area contributed by atoms with Gasteiger partial charge >= 0.3 is 0 Å². The van der Waals surface area contributed by atoms with Crippen LogP contribution in [-0.2, 0) is 10.0 Å². The smallest absolute Gasteiger partial charge is 0.241 e. The van der Waals surface area contributed by atoms with Crippen molar-refractivity contribution in [1.29, 1.82) is 0 Å². The van der Waals surface area contributed by atoms with Crippen LogP contribution in [0.3, 0.4) is 0 Å². The topological polar surface area (TPSA) is 39.1 Å². The normalized spacial score (nSPS) is 11.9. The molecule has 0 bridgehead atoms. The van der Waals surface area contributed by atoms with E-state index in [4.69, 9.17) is 0 Å². The lowest BCUT2D eigenvalue weighted by molar-refractivity contribution is 0.589. The number of para-hydroxylation sites is 1. The molecule has 0 amide bonds. The number of nitrogens with zero attached hydrogens (tertiary/aromatic N) is 1. The molecule has 0 N–H and O–H groups in total. The van der Waals surface area contributed by atoms with Gasteiger partial charge in [0.15, 0.2) is 0 Å². The SMILES string of the molecule is Cc1ccc(S(=O)(=O)n2ccc3ccccc32)cc1Br. The van der Waals surface area contributed by atoms with Crippen molar-refractivity contribution in [2.75, 3.05) is 0 Å². The molecule has 0 saturated carbocycles. The maximum Gasteiger partial charge on any atom is 0.268 e. The second-order valence-electron chi connectivity index (χ2n) is 4.59. The molecule has 5 heteroatoms. The highest BCUT2D eigenvalue weighted by Crippen LogP contribution is 2.25. The van der Waals surface area contributed by atoms with Crippen molar-refractivity contribution in [2.24, 2.45) is 0 Å². The highest BCUT2D eigenvalue weighted by atomic mass is 79.9. The summed E-state index contributed by atoms with van der Waals surface area (Å²) in [6.07, 6.45) is 1.59. The Morgan fingerprint density at radius 2 is 1.80 bits per heavy atom. The van der Waals surface area contributed by atoms with Gasteiger partial charge in [0.05, 0.1) is 10.4 Å². The summed E-state index contributed by atoms with van der Waals surface area (Å²) >= 11 is 3.38. The fraction of sp³-hybridized carbons (Fsp3) is 0.0667. The fourth-order valence-electron chi connectivity index (χ4n) is 2.11. The second kappa shape index (κ2) is 4.75. The first kappa shape index (κ1) is 13.4. The largest absolute Gasteiger partial charge is 0.268 e. The van der Waals surface area contributed by atoms with Crippen LogP contribution in [0.25, 0.3) is 10.9 Å². The Morgan fingerprint density at radius 1 is 1.05 bits per heavy atom. The van der Waals surface area contributed by atoms with Gasteiger partial charge in [0.25, 0.3) is 10.0 Å². The first-order chi connectivity index (χ1) is 9.50. The number of hydrogen-bond donors (Lipinski definition) is 0. The number of halogens is 1. The Bertz CT molecular complexity index is 897. The third-order valence-corrected chi connectivity index (χ3v) is 5.80. The molecule has 2 aromatic carbocycles. The van der Waals surface area contributed by atoms with E-state index in [1.807, 2.05) is 25.1 Å². The lowest BCUT2D eigenvalue weighted by atomic mass is 10.2. The molecule has 0 aliphatic carbocycles. The summed E-state index contributed by atoms with van der Waals surface area (Å²) in [6, 6.07) is 14.3. The summed E-state index contributed by atoms with van der Waals surface area (Å²) in [5.74, 6) is 0. The van der Waals surface area contributed by atoms with Gasteiger partial charge in [0, 0.05) is 16.1 Å². The maximum absolute atomic E-state index is 12.7.